The number of halogens is 1. The lowest BCUT2D eigenvalue weighted by atomic mass is 9.98. The van der Waals surface area contributed by atoms with Crippen LogP contribution in [-0.2, 0) is 6.54 Å². The lowest BCUT2D eigenvalue weighted by molar-refractivity contribution is 0.164. The molecule has 1 heterocycles. The van der Waals surface area contributed by atoms with Crippen molar-refractivity contribution >= 4 is 12.4 Å². The first-order valence-corrected chi connectivity index (χ1v) is 7.24. The van der Waals surface area contributed by atoms with Gasteiger partial charge in [-0.15, -0.1) is 12.4 Å². The molecule has 1 aromatic carbocycles. The van der Waals surface area contributed by atoms with E-state index in [9.17, 15) is 0 Å². The third kappa shape index (κ3) is 5.52. The lowest BCUT2D eigenvalue weighted by Gasteiger charge is -2.32. The number of rotatable bonds is 5. The maximum absolute atomic E-state index is 3.52. The number of hydrogen-bond acceptors (Lipinski definition) is 2. The first-order chi connectivity index (χ1) is 8.75. The summed E-state index contributed by atoms with van der Waals surface area (Å²) in [7, 11) is 0. The van der Waals surface area contributed by atoms with E-state index in [1.165, 1.54) is 38.0 Å². The Balaban J connectivity index is 0.00000180. The molecule has 1 saturated heterocycles. The van der Waals surface area contributed by atoms with Gasteiger partial charge in [0.25, 0.3) is 0 Å². The molecule has 0 bridgehead atoms. The number of benzene rings is 1. The molecule has 1 unspecified atom stereocenters. The Morgan fingerprint density at radius 1 is 1.26 bits per heavy atom. The van der Waals surface area contributed by atoms with E-state index in [1.807, 2.05) is 0 Å². The highest BCUT2D eigenvalue weighted by Gasteiger charge is 2.18. The third-order valence-electron chi connectivity index (χ3n) is 3.85. The average molecular weight is 283 g/mol. The fourth-order valence-corrected chi connectivity index (χ4v) is 2.69. The molecular formula is C16H27ClN2. The van der Waals surface area contributed by atoms with E-state index in [-0.39, 0.29) is 12.4 Å². The summed E-state index contributed by atoms with van der Waals surface area (Å²) in [6, 6.07) is 11.4. The second-order valence-electron chi connectivity index (χ2n) is 5.72. The van der Waals surface area contributed by atoms with Crippen LogP contribution in [-0.4, -0.2) is 30.6 Å². The Bertz CT molecular complexity index is 334. The Labute approximate surface area is 124 Å². The van der Waals surface area contributed by atoms with Gasteiger partial charge in [0, 0.05) is 19.1 Å². The van der Waals surface area contributed by atoms with E-state index >= 15 is 0 Å². The van der Waals surface area contributed by atoms with Crippen molar-refractivity contribution in [3.05, 3.63) is 35.9 Å². The van der Waals surface area contributed by atoms with Gasteiger partial charge in [0.2, 0.25) is 0 Å². The predicted octanol–water partition coefficient (Wildman–Crippen LogP) is 3.32. The van der Waals surface area contributed by atoms with E-state index in [1.54, 1.807) is 0 Å². The number of nitrogens with zero attached hydrogens (tertiary/aromatic N) is 1. The molecule has 108 valence electrons. The SMILES string of the molecule is CC(C)N(Cc1ccccc1)CC1CCCNC1.Cl. The molecule has 0 spiro atoms. The molecule has 0 aliphatic carbocycles. The topological polar surface area (TPSA) is 15.3 Å². The molecule has 0 aromatic heterocycles. The lowest BCUT2D eigenvalue weighted by Crippen LogP contribution is -2.40. The minimum absolute atomic E-state index is 0. The predicted molar refractivity (Wildman–Crippen MR) is 84.8 cm³/mol. The van der Waals surface area contributed by atoms with Crippen LogP contribution >= 0.6 is 12.4 Å². The smallest absolute Gasteiger partial charge is 0.0236 e. The molecule has 3 heteroatoms. The largest absolute Gasteiger partial charge is 0.316 e. The minimum atomic E-state index is 0. The summed E-state index contributed by atoms with van der Waals surface area (Å²) >= 11 is 0. The molecule has 1 N–H and O–H groups in total. The molecule has 19 heavy (non-hydrogen) atoms. The summed E-state index contributed by atoms with van der Waals surface area (Å²) in [5, 5.41) is 3.52. The van der Waals surface area contributed by atoms with Crippen molar-refractivity contribution in [1.29, 1.82) is 0 Å². The second kappa shape index (κ2) is 8.57. The van der Waals surface area contributed by atoms with Crippen LogP contribution < -0.4 is 5.32 Å². The first-order valence-electron chi connectivity index (χ1n) is 7.24. The monoisotopic (exact) mass is 282 g/mol. The van der Waals surface area contributed by atoms with Crippen molar-refractivity contribution in [2.45, 2.75) is 39.3 Å². The maximum atomic E-state index is 3.52. The van der Waals surface area contributed by atoms with Gasteiger partial charge in [-0.1, -0.05) is 30.3 Å². The van der Waals surface area contributed by atoms with E-state index < -0.39 is 0 Å². The standard InChI is InChI=1S/C16H26N2.ClH/c1-14(2)18(12-15-7-4-3-5-8-15)13-16-9-6-10-17-11-16;/h3-5,7-8,14,16-17H,6,9-13H2,1-2H3;1H. The van der Waals surface area contributed by atoms with Gasteiger partial charge in [0.1, 0.15) is 0 Å². The van der Waals surface area contributed by atoms with Crippen LogP contribution in [0.5, 0.6) is 0 Å². The molecule has 1 fully saturated rings. The number of piperidine rings is 1. The number of hydrogen-bond donors (Lipinski definition) is 1. The Hall–Kier alpha value is -0.570. The van der Waals surface area contributed by atoms with Crippen molar-refractivity contribution in [3.8, 4) is 0 Å². The third-order valence-corrected chi connectivity index (χ3v) is 3.85. The van der Waals surface area contributed by atoms with E-state index in [2.05, 4.69) is 54.4 Å². The van der Waals surface area contributed by atoms with Gasteiger partial charge in [-0.25, -0.2) is 0 Å². The van der Waals surface area contributed by atoms with Crippen LogP contribution in [0, 0.1) is 5.92 Å². The van der Waals surface area contributed by atoms with E-state index in [4.69, 9.17) is 0 Å². The van der Waals surface area contributed by atoms with Gasteiger partial charge in [0.05, 0.1) is 0 Å². The summed E-state index contributed by atoms with van der Waals surface area (Å²) in [5.41, 5.74) is 1.43. The zero-order chi connectivity index (χ0) is 12.8. The van der Waals surface area contributed by atoms with Gasteiger partial charge in [-0.05, 0) is 51.3 Å². The molecule has 2 nitrogen and oxygen atoms in total. The Morgan fingerprint density at radius 2 is 2.00 bits per heavy atom. The van der Waals surface area contributed by atoms with Crippen molar-refractivity contribution in [3.63, 3.8) is 0 Å². The van der Waals surface area contributed by atoms with Crippen molar-refractivity contribution in [2.75, 3.05) is 19.6 Å². The fourth-order valence-electron chi connectivity index (χ4n) is 2.69. The quantitative estimate of drug-likeness (QED) is 0.891. The Morgan fingerprint density at radius 3 is 2.58 bits per heavy atom. The normalized spacial score (nSPS) is 19.5. The van der Waals surface area contributed by atoms with Gasteiger partial charge in [0.15, 0.2) is 0 Å². The molecule has 0 radical (unpaired) electrons. The number of nitrogens with one attached hydrogen (secondary N) is 1. The summed E-state index contributed by atoms with van der Waals surface area (Å²) < 4.78 is 0. The van der Waals surface area contributed by atoms with Gasteiger partial charge in [-0.2, -0.15) is 0 Å². The summed E-state index contributed by atoms with van der Waals surface area (Å²) in [4.78, 5) is 2.60. The van der Waals surface area contributed by atoms with E-state index in [0.717, 1.165) is 12.5 Å². The molecule has 1 aromatic rings. The van der Waals surface area contributed by atoms with Gasteiger partial charge < -0.3 is 5.32 Å². The maximum Gasteiger partial charge on any atom is 0.0236 e. The molecular weight excluding hydrogens is 256 g/mol. The zero-order valence-electron chi connectivity index (χ0n) is 12.1. The molecule has 0 saturated carbocycles. The second-order valence-corrected chi connectivity index (χ2v) is 5.72. The highest BCUT2D eigenvalue weighted by atomic mass is 35.5. The van der Waals surface area contributed by atoms with E-state index in [0.29, 0.717) is 6.04 Å². The fraction of sp³-hybridized carbons (Fsp3) is 0.625. The van der Waals surface area contributed by atoms with Gasteiger partial charge >= 0.3 is 0 Å². The van der Waals surface area contributed by atoms with Crippen molar-refractivity contribution in [1.82, 2.24) is 10.2 Å². The van der Waals surface area contributed by atoms with Crippen LogP contribution in [0.2, 0.25) is 0 Å². The highest BCUT2D eigenvalue weighted by molar-refractivity contribution is 5.85. The molecule has 0 amide bonds. The minimum Gasteiger partial charge on any atom is -0.316 e. The summed E-state index contributed by atoms with van der Waals surface area (Å²) in [6.45, 7) is 9.31. The van der Waals surface area contributed by atoms with Crippen molar-refractivity contribution in [2.24, 2.45) is 5.92 Å². The molecule has 2 rings (SSSR count). The molecule has 1 aliphatic rings. The Kier molecular flexibility index (Phi) is 7.44. The van der Waals surface area contributed by atoms with Crippen LogP contribution in [0.25, 0.3) is 0 Å². The van der Waals surface area contributed by atoms with Crippen LogP contribution in [0.1, 0.15) is 32.3 Å². The van der Waals surface area contributed by atoms with Crippen LogP contribution in [0.4, 0.5) is 0 Å². The summed E-state index contributed by atoms with van der Waals surface area (Å²) in [6.07, 6.45) is 2.72. The zero-order valence-corrected chi connectivity index (χ0v) is 13.0. The van der Waals surface area contributed by atoms with Gasteiger partial charge in [-0.3, -0.25) is 4.90 Å². The van der Waals surface area contributed by atoms with Crippen molar-refractivity contribution < 1.29 is 0 Å². The first kappa shape index (κ1) is 16.5. The molecule has 1 atom stereocenters. The van der Waals surface area contributed by atoms with Crippen LogP contribution in [0.3, 0.4) is 0 Å². The average Bonchev–Trinajstić information content (AvgIpc) is 2.40. The highest BCUT2D eigenvalue weighted by Crippen LogP contribution is 2.16. The van der Waals surface area contributed by atoms with Crippen LogP contribution in [0.15, 0.2) is 30.3 Å². The molecule has 1 aliphatic heterocycles. The summed E-state index contributed by atoms with van der Waals surface area (Å²) in [5.74, 6) is 0.824.